The molecule has 0 bridgehead atoms. The molecular formula is C16H23N3. The van der Waals surface area contributed by atoms with Gasteiger partial charge in [-0.3, -0.25) is 4.68 Å². The van der Waals surface area contributed by atoms with E-state index in [1.807, 2.05) is 13.2 Å². The Balaban J connectivity index is 1.98. The van der Waals surface area contributed by atoms with Crippen molar-refractivity contribution in [2.45, 2.75) is 38.8 Å². The highest BCUT2D eigenvalue weighted by molar-refractivity contribution is 5.19. The van der Waals surface area contributed by atoms with Crippen molar-refractivity contribution in [1.29, 1.82) is 0 Å². The minimum absolute atomic E-state index is 0.408. The number of rotatable bonds is 7. The maximum atomic E-state index is 4.38. The Kier molecular flexibility index (Phi) is 5.16. The third kappa shape index (κ3) is 3.67. The zero-order valence-corrected chi connectivity index (χ0v) is 11.8. The molecule has 1 aromatic heterocycles. The molecule has 1 N–H and O–H groups in total. The molecule has 1 aromatic carbocycles. The molecule has 0 aliphatic heterocycles. The highest BCUT2D eigenvalue weighted by atomic mass is 15.3. The molecule has 0 amide bonds. The molecule has 2 aromatic rings. The second-order valence-corrected chi connectivity index (χ2v) is 4.84. The molecular weight excluding hydrogens is 234 g/mol. The van der Waals surface area contributed by atoms with E-state index in [0.29, 0.717) is 6.04 Å². The van der Waals surface area contributed by atoms with E-state index in [9.17, 15) is 0 Å². The zero-order chi connectivity index (χ0) is 13.5. The predicted octanol–water partition coefficient (Wildman–Crippen LogP) is 3.19. The first-order valence-corrected chi connectivity index (χ1v) is 7.08. The van der Waals surface area contributed by atoms with Gasteiger partial charge in [0.1, 0.15) is 0 Å². The molecule has 1 heterocycles. The zero-order valence-electron chi connectivity index (χ0n) is 11.8. The molecule has 0 aliphatic rings. The third-order valence-corrected chi connectivity index (χ3v) is 3.48. The summed E-state index contributed by atoms with van der Waals surface area (Å²) in [6.07, 6.45) is 5.18. The second kappa shape index (κ2) is 7.10. The molecule has 2 rings (SSSR count). The van der Waals surface area contributed by atoms with Gasteiger partial charge in [0.2, 0.25) is 0 Å². The summed E-state index contributed by atoms with van der Waals surface area (Å²) < 4.78 is 2.12. The minimum atomic E-state index is 0.408. The van der Waals surface area contributed by atoms with Gasteiger partial charge in [-0.15, -0.1) is 0 Å². The number of aryl methyl sites for hydroxylation is 2. The lowest BCUT2D eigenvalue weighted by Gasteiger charge is -2.17. The number of benzene rings is 1. The molecule has 0 spiro atoms. The molecule has 0 saturated heterocycles. The van der Waals surface area contributed by atoms with E-state index in [-0.39, 0.29) is 0 Å². The fraction of sp³-hybridized carbons (Fsp3) is 0.438. The monoisotopic (exact) mass is 257 g/mol. The van der Waals surface area contributed by atoms with Crippen LogP contribution in [0.2, 0.25) is 0 Å². The summed E-state index contributed by atoms with van der Waals surface area (Å²) in [6.45, 7) is 3.20. The number of aromatic nitrogens is 2. The van der Waals surface area contributed by atoms with Crippen LogP contribution in [0.5, 0.6) is 0 Å². The van der Waals surface area contributed by atoms with E-state index >= 15 is 0 Å². The summed E-state index contributed by atoms with van der Waals surface area (Å²) in [7, 11) is 2.03. The van der Waals surface area contributed by atoms with E-state index in [1.165, 1.54) is 11.3 Å². The van der Waals surface area contributed by atoms with Crippen LogP contribution >= 0.6 is 0 Å². The smallest absolute Gasteiger partial charge is 0.0492 e. The van der Waals surface area contributed by atoms with Crippen LogP contribution in [0, 0.1) is 0 Å². The van der Waals surface area contributed by atoms with Crippen molar-refractivity contribution in [2.24, 2.45) is 0 Å². The van der Waals surface area contributed by atoms with Gasteiger partial charge in [-0.05, 0) is 37.9 Å². The first-order chi connectivity index (χ1) is 9.35. The summed E-state index contributed by atoms with van der Waals surface area (Å²) in [5, 5.41) is 7.78. The van der Waals surface area contributed by atoms with E-state index < -0.39 is 0 Å². The van der Waals surface area contributed by atoms with Crippen LogP contribution in [0.15, 0.2) is 42.6 Å². The molecule has 0 radical (unpaired) electrons. The van der Waals surface area contributed by atoms with Gasteiger partial charge in [0.15, 0.2) is 0 Å². The van der Waals surface area contributed by atoms with Crippen LogP contribution in [0.1, 0.15) is 37.1 Å². The number of nitrogens with zero attached hydrogens (tertiary/aromatic N) is 2. The molecule has 3 heteroatoms. The van der Waals surface area contributed by atoms with Crippen LogP contribution in [-0.2, 0) is 13.0 Å². The highest BCUT2D eigenvalue weighted by Gasteiger charge is 2.10. The lowest BCUT2D eigenvalue weighted by Crippen LogP contribution is -2.17. The van der Waals surface area contributed by atoms with Crippen LogP contribution < -0.4 is 5.32 Å². The first kappa shape index (κ1) is 13.8. The second-order valence-electron chi connectivity index (χ2n) is 4.84. The Morgan fingerprint density at radius 1 is 1.21 bits per heavy atom. The van der Waals surface area contributed by atoms with Crippen molar-refractivity contribution in [1.82, 2.24) is 15.1 Å². The van der Waals surface area contributed by atoms with Gasteiger partial charge >= 0.3 is 0 Å². The number of nitrogens with one attached hydrogen (secondary N) is 1. The normalized spacial score (nSPS) is 12.5. The number of hydrogen-bond acceptors (Lipinski definition) is 2. The maximum absolute atomic E-state index is 4.38. The van der Waals surface area contributed by atoms with E-state index in [4.69, 9.17) is 0 Å². The summed E-state index contributed by atoms with van der Waals surface area (Å²) in [4.78, 5) is 0. The van der Waals surface area contributed by atoms with E-state index in [0.717, 1.165) is 25.8 Å². The summed E-state index contributed by atoms with van der Waals surface area (Å²) in [6, 6.07) is 13.2. The van der Waals surface area contributed by atoms with E-state index in [2.05, 4.69) is 58.4 Å². The predicted molar refractivity (Wildman–Crippen MR) is 79.1 cm³/mol. The standard InChI is InChI=1S/C16H23N3/c1-3-13-19-15(11-12-18-19)9-10-16(17-2)14-7-5-4-6-8-14/h4-8,11-12,16-17H,3,9-10,13H2,1-2H3. The van der Waals surface area contributed by atoms with Gasteiger partial charge in [0.25, 0.3) is 0 Å². The lowest BCUT2D eigenvalue weighted by molar-refractivity contribution is 0.516. The SMILES string of the molecule is CCCn1nccc1CCC(NC)c1ccccc1. The minimum Gasteiger partial charge on any atom is -0.313 e. The molecule has 102 valence electrons. The van der Waals surface area contributed by atoms with Crippen molar-refractivity contribution in [3.05, 3.63) is 53.9 Å². The Hall–Kier alpha value is -1.61. The molecule has 0 aliphatic carbocycles. The average molecular weight is 257 g/mol. The Morgan fingerprint density at radius 3 is 2.68 bits per heavy atom. The Labute approximate surface area is 115 Å². The Morgan fingerprint density at radius 2 is 2.00 bits per heavy atom. The van der Waals surface area contributed by atoms with E-state index in [1.54, 1.807) is 0 Å². The maximum Gasteiger partial charge on any atom is 0.0492 e. The topological polar surface area (TPSA) is 29.9 Å². The molecule has 1 atom stereocenters. The largest absolute Gasteiger partial charge is 0.313 e. The van der Waals surface area contributed by atoms with Gasteiger partial charge in [-0.25, -0.2) is 0 Å². The van der Waals surface area contributed by atoms with Crippen LogP contribution in [-0.4, -0.2) is 16.8 Å². The van der Waals surface area contributed by atoms with Crippen molar-refractivity contribution in [2.75, 3.05) is 7.05 Å². The summed E-state index contributed by atoms with van der Waals surface area (Å²) >= 11 is 0. The molecule has 1 unspecified atom stereocenters. The van der Waals surface area contributed by atoms with Crippen LogP contribution in [0.25, 0.3) is 0 Å². The Bertz CT molecular complexity index is 476. The lowest BCUT2D eigenvalue weighted by atomic mass is 10.0. The van der Waals surface area contributed by atoms with Gasteiger partial charge in [0.05, 0.1) is 0 Å². The fourth-order valence-electron chi connectivity index (χ4n) is 2.44. The quantitative estimate of drug-likeness (QED) is 0.825. The fourth-order valence-corrected chi connectivity index (χ4v) is 2.44. The van der Waals surface area contributed by atoms with Gasteiger partial charge < -0.3 is 5.32 Å². The molecule has 0 fully saturated rings. The summed E-state index contributed by atoms with van der Waals surface area (Å²) in [5.41, 5.74) is 2.68. The molecule has 3 nitrogen and oxygen atoms in total. The molecule has 0 saturated carbocycles. The average Bonchev–Trinajstić information content (AvgIpc) is 2.89. The van der Waals surface area contributed by atoms with Gasteiger partial charge in [0, 0.05) is 24.5 Å². The van der Waals surface area contributed by atoms with Crippen molar-refractivity contribution < 1.29 is 0 Å². The van der Waals surface area contributed by atoms with Crippen molar-refractivity contribution >= 4 is 0 Å². The van der Waals surface area contributed by atoms with Gasteiger partial charge in [-0.2, -0.15) is 5.10 Å². The van der Waals surface area contributed by atoms with Crippen LogP contribution in [0.3, 0.4) is 0 Å². The third-order valence-electron chi connectivity index (χ3n) is 3.48. The van der Waals surface area contributed by atoms with Gasteiger partial charge in [-0.1, -0.05) is 37.3 Å². The van der Waals surface area contributed by atoms with Crippen LogP contribution in [0.4, 0.5) is 0 Å². The first-order valence-electron chi connectivity index (χ1n) is 7.08. The highest BCUT2D eigenvalue weighted by Crippen LogP contribution is 2.18. The number of hydrogen-bond donors (Lipinski definition) is 1. The summed E-state index contributed by atoms with van der Waals surface area (Å²) in [5.74, 6) is 0. The van der Waals surface area contributed by atoms with Crippen molar-refractivity contribution in [3.8, 4) is 0 Å². The molecule has 19 heavy (non-hydrogen) atoms. The van der Waals surface area contributed by atoms with Crippen molar-refractivity contribution in [3.63, 3.8) is 0 Å².